The van der Waals surface area contributed by atoms with Crippen molar-refractivity contribution in [2.75, 3.05) is 0 Å². The molecule has 1 aliphatic heterocycles. The molecule has 10 heteroatoms. The van der Waals surface area contributed by atoms with Crippen LogP contribution >= 0.6 is 0 Å². The van der Waals surface area contributed by atoms with Crippen molar-refractivity contribution >= 4 is 17.8 Å². The molecule has 2 rings (SSSR count). The van der Waals surface area contributed by atoms with Crippen LogP contribution in [-0.2, 0) is 0 Å². The highest BCUT2D eigenvalue weighted by Gasteiger charge is 2.61. The zero-order valence-electron chi connectivity index (χ0n) is 10.2. The normalized spacial score (nSPS) is 21.6. The van der Waals surface area contributed by atoms with Crippen molar-refractivity contribution in [1.29, 1.82) is 0 Å². The molecule has 1 aromatic rings. The number of nitrogens with zero attached hydrogens (tertiary/aromatic N) is 3. The van der Waals surface area contributed by atoms with Crippen LogP contribution in [0.2, 0.25) is 0 Å². The largest absolute Gasteiger partial charge is 0.438 e. The van der Waals surface area contributed by atoms with Crippen molar-refractivity contribution in [3.05, 3.63) is 39.9 Å². The Morgan fingerprint density at radius 2 is 2.05 bits per heavy atom. The molecule has 21 heavy (non-hydrogen) atoms. The quantitative estimate of drug-likeness (QED) is 0.664. The highest BCUT2D eigenvalue weighted by Crippen LogP contribution is 2.39. The number of nitro groups is 1. The molecule has 1 aromatic carbocycles. The lowest BCUT2D eigenvalue weighted by Crippen LogP contribution is -2.56. The van der Waals surface area contributed by atoms with E-state index in [1.165, 1.54) is 12.1 Å². The standard InChI is InChI=1S/C11H8F3N3O4/c12-11(13,14)10(19)5-6-15-16(10)9(18)7-3-1-2-4-8(7)17(20)21/h1-4,6,19H,5H2/t10-/m0/s1. The fourth-order valence-corrected chi connectivity index (χ4v) is 1.82. The first kappa shape index (κ1) is 14.9. The lowest BCUT2D eigenvalue weighted by molar-refractivity contribution is -0.385. The molecule has 0 bridgehead atoms. The summed E-state index contributed by atoms with van der Waals surface area (Å²) < 4.78 is 38.6. The molecule has 0 fully saturated rings. The molecule has 112 valence electrons. The van der Waals surface area contributed by atoms with E-state index in [9.17, 15) is 33.2 Å². The minimum atomic E-state index is -5.15. The fourth-order valence-electron chi connectivity index (χ4n) is 1.82. The van der Waals surface area contributed by atoms with Crippen LogP contribution < -0.4 is 0 Å². The van der Waals surface area contributed by atoms with Crippen LogP contribution in [0.5, 0.6) is 0 Å². The molecule has 0 radical (unpaired) electrons. The van der Waals surface area contributed by atoms with Gasteiger partial charge in [0.05, 0.1) is 4.92 Å². The molecule has 1 N–H and O–H groups in total. The van der Waals surface area contributed by atoms with Crippen LogP contribution in [0.25, 0.3) is 0 Å². The highest BCUT2D eigenvalue weighted by atomic mass is 19.4. The molecule has 0 unspecified atom stereocenters. The van der Waals surface area contributed by atoms with Gasteiger partial charge in [-0.05, 0) is 6.07 Å². The summed E-state index contributed by atoms with van der Waals surface area (Å²) in [6, 6.07) is 4.48. The van der Waals surface area contributed by atoms with Gasteiger partial charge in [-0.25, -0.2) is 0 Å². The number of carbonyl (C=O) groups excluding carboxylic acids is 1. The Kier molecular flexibility index (Phi) is 3.41. The third-order valence-electron chi connectivity index (χ3n) is 2.90. The molecule has 0 saturated heterocycles. The first-order valence-electron chi connectivity index (χ1n) is 5.58. The molecule has 1 heterocycles. The van der Waals surface area contributed by atoms with E-state index >= 15 is 0 Å². The third-order valence-corrected chi connectivity index (χ3v) is 2.90. The first-order valence-corrected chi connectivity index (χ1v) is 5.58. The Hall–Kier alpha value is -2.49. The van der Waals surface area contributed by atoms with E-state index in [0.717, 1.165) is 18.3 Å². The van der Waals surface area contributed by atoms with Gasteiger partial charge >= 0.3 is 6.18 Å². The van der Waals surface area contributed by atoms with Crippen LogP contribution in [-0.4, -0.2) is 39.1 Å². The molecule has 1 atom stereocenters. The predicted molar refractivity (Wildman–Crippen MR) is 63.4 cm³/mol. The molecule has 7 nitrogen and oxygen atoms in total. The van der Waals surface area contributed by atoms with Crippen LogP contribution in [0.4, 0.5) is 18.9 Å². The van der Waals surface area contributed by atoms with Gasteiger partial charge in [0.15, 0.2) is 0 Å². The Balaban J connectivity index is 2.46. The molecule has 0 spiro atoms. The smallest absolute Gasteiger partial charge is 0.362 e. The van der Waals surface area contributed by atoms with Crippen molar-refractivity contribution in [2.24, 2.45) is 5.10 Å². The third kappa shape index (κ3) is 2.33. The number of hydrogen-bond acceptors (Lipinski definition) is 5. The maximum Gasteiger partial charge on any atom is 0.438 e. The topological polar surface area (TPSA) is 96.0 Å². The summed E-state index contributed by atoms with van der Waals surface area (Å²) in [5.74, 6) is -1.41. The van der Waals surface area contributed by atoms with Crippen molar-refractivity contribution in [3.63, 3.8) is 0 Å². The van der Waals surface area contributed by atoms with E-state index in [2.05, 4.69) is 5.10 Å². The van der Waals surface area contributed by atoms with Gasteiger partial charge in [0, 0.05) is 18.7 Å². The van der Waals surface area contributed by atoms with E-state index in [0.29, 0.717) is 0 Å². The van der Waals surface area contributed by atoms with E-state index in [4.69, 9.17) is 0 Å². The van der Waals surface area contributed by atoms with Crippen molar-refractivity contribution in [3.8, 4) is 0 Å². The minimum Gasteiger partial charge on any atom is -0.362 e. The van der Waals surface area contributed by atoms with Gasteiger partial charge in [-0.3, -0.25) is 14.9 Å². The number of amides is 1. The summed E-state index contributed by atoms with van der Waals surface area (Å²) in [5.41, 5.74) is -4.77. The van der Waals surface area contributed by atoms with E-state index in [1.807, 2.05) is 0 Å². The average Bonchev–Trinajstić information content (AvgIpc) is 2.81. The molecule has 1 aliphatic rings. The number of rotatable bonds is 2. The Morgan fingerprint density at radius 1 is 1.43 bits per heavy atom. The molecule has 1 amide bonds. The second kappa shape index (κ2) is 4.81. The maximum absolute atomic E-state index is 12.9. The zero-order valence-corrected chi connectivity index (χ0v) is 10.2. The molecular formula is C11H8F3N3O4. The lowest BCUT2D eigenvalue weighted by Gasteiger charge is -2.32. The SMILES string of the molecule is O=C(c1ccccc1[N+](=O)[O-])N1N=CC[C@]1(O)C(F)(F)F. The summed E-state index contributed by atoms with van der Waals surface area (Å²) >= 11 is 0. The minimum absolute atomic E-state index is 0.185. The molecule has 0 aromatic heterocycles. The number of carbonyl (C=O) groups is 1. The maximum atomic E-state index is 12.9. The highest BCUT2D eigenvalue weighted by molar-refractivity contribution is 5.99. The van der Waals surface area contributed by atoms with Gasteiger partial charge in [-0.15, -0.1) is 0 Å². The number of halogens is 3. The van der Waals surface area contributed by atoms with E-state index in [-0.39, 0.29) is 5.01 Å². The van der Waals surface area contributed by atoms with Gasteiger partial charge < -0.3 is 5.11 Å². The number of para-hydroxylation sites is 1. The summed E-state index contributed by atoms with van der Waals surface area (Å²) in [6.07, 6.45) is -5.37. The number of aliphatic hydroxyl groups is 1. The summed E-state index contributed by atoms with van der Waals surface area (Å²) in [6.45, 7) is 0. The summed E-state index contributed by atoms with van der Waals surface area (Å²) in [5, 5.41) is 23.5. The molecule has 0 saturated carbocycles. The zero-order chi connectivity index (χ0) is 15.8. The van der Waals surface area contributed by atoms with Crippen LogP contribution in [0.15, 0.2) is 29.4 Å². The fraction of sp³-hybridized carbons (Fsp3) is 0.273. The van der Waals surface area contributed by atoms with Crippen LogP contribution in [0.1, 0.15) is 16.8 Å². The Bertz CT molecular complexity index is 631. The van der Waals surface area contributed by atoms with Crippen molar-refractivity contribution < 1.29 is 28.0 Å². The summed E-state index contributed by atoms with van der Waals surface area (Å²) in [4.78, 5) is 22.0. The number of benzene rings is 1. The molecule has 0 aliphatic carbocycles. The van der Waals surface area contributed by atoms with Gasteiger partial charge in [0.2, 0.25) is 0 Å². The average molecular weight is 303 g/mol. The van der Waals surface area contributed by atoms with Gasteiger partial charge in [-0.2, -0.15) is 23.3 Å². The Labute approximate surface area is 115 Å². The van der Waals surface area contributed by atoms with Crippen LogP contribution in [0, 0.1) is 10.1 Å². The van der Waals surface area contributed by atoms with Gasteiger partial charge in [-0.1, -0.05) is 12.1 Å². The summed E-state index contributed by atoms with van der Waals surface area (Å²) in [7, 11) is 0. The number of nitro benzene ring substituents is 1. The lowest BCUT2D eigenvalue weighted by atomic mass is 10.1. The number of alkyl halides is 3. The number of hydrogen-bond donors (Lipinski definition) is 1. The predicted octanol–water partition coefficient (Wildman–Crippen LogP) is 1.68. The monoisotopic (exact) mass is 303 g/mol. The second-order valence-corrected chi connectivity index (χ2v) is 4.21. The van der Waals surface area contributed by atoms with Gasteiger partial charge in [0.1, 0.15) is 5.56 Å². The van der Waals surface area contributed by atoms with Crippen molar-refractivity contribution in [1.82, 2.24) is 5.01 Å². The second-order valence-electron chi connectivity index (χ2n) is 4.21. The van der Waals surface area contributed by atoms with E-state index in [1.54, 1.807) is 0 Å². The van der Waals surface area contributed by atoms with Crippen molar-refractivity contribution in [2.45, 2.75) is 18.3 Å². The first-order chi connectivity index (χ1) is 9.68. The van der Waals surface area contributed by atoms with E-state index < -0.39 is 40.4 Å². The molecular weight excluding hydrogens is 295 g/mol. The Morgan fingerprint density at radius 3 is 2.62 bits per heavy atom. The van der Waals surface area contributed by atoms with Crippen LogP contribution in [0.3, 0.4) is 0 Å². The van der Waals surface area contributed by atoms with Gasteiger partial charge in [0.25, 0.3) is 17.3 Å². The number of hydrazone groups is 1.